The molecule has 0 unspecified atom stereocenters. The predicted octanol–water partition coefficient (Wildman–Crippen LogP) is 2.94. The number of hydrogen-bond acceptors (Lipinski definition) is 3. The van der Waals surface area contributed by atoms with Crippen LogP contribution >= 0.6 is 0 Å². The second kappa shape index (κ2) is 7.06. The van der Waals surface area contributed by atoms with Gasteiger partial charge in [-0.2, -0.15) is 0 Å². The zero-order valence-electron chi connectivity index (χ0n) is 15.8. The van der Waals surface area contributed by atoms with Crippen LogP contribution in [0.2, 0.25) is 0 Å². The first-order valence-corrected chi connectivity index (χ1v) is 11.4. The van der Waals surface area contributed by atoms with Crippen LogP contribution in [0.4, 0.5) is 0 Å². The summed E-state index contributed by atoms with van der Waals surface area (Å²) in [5.74, 6) is 2.58. The van der Waals surface area contributed by atoms with Gasteiger partial charge in [0.05, 0.1) is 4.90 Å². The molecule has 0 aromatic heterocycles. The lowest BCUT2D eigenvalue weighted by Gasteiger charge is -2.56. The Morgan fingerprint density at radius 1 is 1.07 bits per heavy atom. The second-order valence-electron chi connectivity index (χ2n) is 8.75. The molecule has 146 valence electrons. The summed E-state index contributed by atoms with van der Waals surface area (Å²) >= 11 is 0. The largest absolute Gasteiger partial charge is 0.352 e. The van der Waals surface area contributed by atoms with Gasteiger partial charge in [-0.3, -0.25) is 4.79 Å². The summed E-state index contributed by atoms with van der Waals surface area (Å²) in [6.45, 7) is 0.791. The van der Waals surface area contributed by atoms with Gasteiger partial charge in [-0.1, -0.05) is 12.1 Å². The molecule has 4 bridgehead atoms. The van der Waals surface area contributed by atoms with Gasteiger partial charge in [-0.25, -0.2) is 13.1 Å². The molecule has 0 spiro atoms. The Bertz CT molecular complexity index is 807. The molecule has 5 rings (SSSR count). The minimum atomic E-state index is -3.43. The van der Waals surface area contributed by atoms with Gasteiger partial charge in [0.1, 0.15) is 0 Å². The summed E-state index contributed by atoms with van der Waals surface area (Å²) in [4.78, 5) is 12.5. The van der Waals surface area contributed by atoms with E-state index in [1.807, 2.05) is 0 Å². The average molecular weight is 389 g/mol. The van der Waals surface area contributed by atoms with Crippen molar-refractivity contribution in [2.75, 3.05) is 13.6 Å². The molecule has 4 fully saturated rings. The highest BCUT2D eigenvalue weighted by molar-refractivity contribution is 7.89. The molecule has 0 radical (unpaired) electrons. The van der Waals surface area contributed by atoms with E-state index in [-0.39, 0.29) is 10.8 Å². The summed E-state index contributed by atoms with van der Waals surface area (Å²) in [6, 6.07) is 6.48. The fraction of sp³-hybridized carbons (Fsp3) is 0.571. The lowest BCUT2D eigenvalue weighted by molar-refractivity contribution is -0.118. The van der Waals surface area contributed by atoms with E-state index in [9.17, 15) is 13.2 Å². The Hall–Kier alpha value is -1.66. The standard InChI is InChI=1S/C21H28N2O3S/c1-22-27(25,26)19-5-2-15(3-6-19)4-7-20(24)23-14-21-11-16-8-17(12-21)10-18(9-16)13-21/h2-7,16-18,22H,8-14H2,1H3,(H,23,24)/b7-4+. The van der Waals surface area contributed by atoms with E-state index in [1.54, 1.807) is 36.4 Å². The van der Waals surface area contributed by atoms with Crippen LogP contribution in [0.1, 0.15) is 44.1 Å². The van der Waals surface area contributed by atoms with Gasteiger partial charge in [-0.05, 0) is 92.5 Å². The van der Waals surface area contributed by atoms with Crippen molar-refractivity contribution >= 4 is 22.0 Å². The van der Waals surface area contributed by atoms with E-state index in [0.717, 1.165) is 29.9 Å². The Morgan fingerprint density at radius 2 is 1.63 bits per heavy atom. The Labute approximate surface area is 161 Å². The van der Waals surface area contributed by atoms with Crippen LogP contribution in [0.15, 0.2) is 35.2 Å². The Balaban J connectivity index is 1.33. The number of amides is 1. The topological polar surface area (TPSA) is 75.3 Å². The number of carbonyl (C=O) groups is 1. The molecular weight excluding hydrogens is 360 g/mol. The van der Waals surface area contributed by atoms with E-state index in [0.29, 0.717) is 5.41 Å². The van der Waals surface area contributed by atoms with Crippen molar-refractivity contribution < 1.29 is 13.2 Å². The summed E-state index contributed by atoms with van der Waals surface area (Å²) in [7, 11) is -2.04. The van der Waals surface area contributed by atoms with Crippen molar-refractivity contribution in [2.45, 2.75) is 43.4 Å². The third kappa shape index (κ3) is 3.97. The van der Waals surface area contributed by atoms with Gasteiger partial charge in [0.25, 0.3) is 0 Å². The molecule has 2 N–H and O–H groups in total. The number of nitrogens with one attached hydrogen (secondary N) is 2. The monoisotopic (exact) mass is 388 g/mol. The molecule has 4 saturated carbocycles. The molecule has 1 aromatic carbocycles. The maximum Gasteiger partial charge on any atom is 0.244 e. The molecule has 5 nitrogen and oxygen atoms in total. The van der Waals surface area contributed by atoms with Gasteiger partial charge in [0, 0.05) is 12.6 Å². The minimum Gasteiger partial charge on any atom is -0.352 e. The molecule has 6 heteroatoms. The van der Waals surface area contributed by atoms with E-state index >= 15 is 0 Å². The normalized spacial score (nSPS) is 32.1. The fourth-order valence-electron chi connectivity index (χ4n) is 5.89. The van der Waals surface area contributed by atoms with Crippen LogP contribution in [0, 0.1) is 23.2 Å². The van der Waals surface area contributed by atoms with Gasteiger partial charge < -0.3 is 5.32 Å². The molecular formula is C21H28N2O3S. The second-order valence-corrected chi connectivity index (χ2v) is 10.6. The molecule has 0 heterocycles. The first-order chi connectivity index (χ1) is 12.9. The van der Waals surface area contributed by atoms with E-state index in [2.05, 4.69) is 10.0 Å². The van der Waals surface area contributed by atoms with Crippen LogP contribution in [-0.2, 0) is 14.8 Å². The fourth-order valence-corrected chi connectivity index (χ4v) is 6.62. The lowest BCUT2D eigenvalue weighted by atomic mass is 9.49. The van der Waals surface area contributed by atoms with Crippen molar-refractivity contribution in [1.29, 1.82) is 0 Å². The van der Waals surface area contributed by atoms with E-state index in [4.69, 9.17) is 0 Å². The van der Waals surface area contributed by atoms with Crippen LogP contribution in [-0.4, -0.2) is 27.9 Å². The zero-order chi connectivity index (χ0) is 19.1. The number of carbonyl (C=O) groups excluding carboxylic acids is 1. The average Bonchev–Trinajstić information content (AvgIpc) is 2.64. The Kier molecular flexibility index (Phi) is 4.89. The molecule has 1 aromatic rings. The summed E-state index contributed by atoms with van der Waals surface area (Å²) in [5, 5.41) is 3.12. The zero-order valence-corrected chi connectivity index (χ0v) is 16.6. The highest BCUT2D eigenvalue weighted by Crippen LogP contribution is 2.59. The van der Waals surface area contributed by atoms with Crippen LogP contribution in [0.5, 0.6) is 0 Å². The number of hydrogen-bond donors (Lipinski definition) is 2. The van der Waals surface area contributed by atoms with Crippen molar-refractivity contribution in [2.24, 2.45) is 23.2 Å². The van der Waals surface area contributed by atoms with Gasteiger partial charge in [0.15, 0.2) is 0 Å². The molecule has 4 aliphatic carbocycles. The molecule has 0 aliphatic heterocycles. The van der Waals surface area contributed by atoms with Gasteiger partial charge in [-0.15, -0.1) is 0 Å². The first-order valence-electron chi connectivity index (χ1n) is 9.87. The van der Waals surface area contributed by atoms with Crippen molar-refractivity contribution in [3.05, 3.63) is 35.9 Å². The molecule has 4 aliphatic rings. The quantitative estimate of drug-likeness (QED) is 0.736. The van der Waals surface area contributed by atoms with Crippen molar-refractivity contribution in [3.8, 4) is 0 Å². The van der Waals surface area contributed by atoms with Gasteiger partial charge in [0.2, 0.25) is 15.9 Å². The van der Waals surface area contributed by atoms with Gasteiger partial charge >= 0.3 is 0 Å². The predicted molar refractivity (Wildman–Crippen MR) is 105 cm³/mol. The summed E-state index contributed by atoms with van der Waals surface area (Å²) in [5.41, 5.74) is 1.14. The van der Waals surface area contributed by atoms with Crippen molar-refractivity contribution in [1.82, 2.24) is 10.0 Å². The summed E-state index contributed by atoms with van der Waals surface area (Å²) < 4.78 is 25.8. The highest BCUT2D eigenvalue weighted by Gasteiger charge is 2.50. The number of sulfonamides is 1. The maximum atomic E-state index is 12.3. The first kappa shape index (κ1) is 18.7. The van der Waals surface area contributed by atoms with Crippen LogP contribution < -0.4 is 10.0 Å². The number of rotatable bonds is 6. The summed E-state index contributed by atoms with van der Waals surface area (Å²) in [6.07, 6.45) is 11.3. The Morgan fingerprint density at radius 3 is 2.15 bits per heavy atom. The van der Waals surface area contributed by atoms with Crippen LogP contribution in [0.25, 0.3) is 6.08 Å². The van der Waals surface area contributed by atoms with Crippen LogP contribution in [0.3, 0.4) is 0 Å². The highest BCUT2D eigenvalue weighted by atomic mass is 32.2. The lowest BCUT2D eigenvalue weighted by Crippen LogP contribution is -2.51. The van der Waals surface area contributed by atoms with E-state index in [1.165, 1.54) is 45.6 Å². The molecule has 1 amide bonds. The molecule has 27 heavy (non-hydrogen) atoms. The van der Waals surface area contributed by atoms with Crippen molar-refractivity contribution in [3.63, 3.8) is 0 Å². The molecule has 0 saturated heterocycles. The SMILES string of the molecule is CNS(=O)(=O)c1ccc(/C=C/C(=O)NCC23CC4CC(CC(C4)C2)C3)cc1. The molecule has 0 atom stereocenters. The third-order valence-corrected chi connectivity index (χ3v) is 8.12. The minimum absolute atomic E-state index is 0.0716. The smallest absolute Gasteiger partial charge is 0.244 e. The number of benzene rings is 1. The third-order valence-electron chi connectivity index (χ3n) is 6.69. The maximum absolute atomic E-state index is 12.3. The van der Waals surface area contributed by atoms with E-state index < -0.39 is 10.0 Å².